The molecule has 0 aliphatic carbocycles. The topological polar surface area (TPSA) is 81.4 Å². The van der Waals surface area contributed by atoms with Gasteiger partial charge >= 0.3 is 0 Å². The van der Waals surface area contributed by atoms with Gasteiger partial charge in [0.2, 0.25) is 10.0 Å². The average Bonchev–Trinajstić information content (AvgIpc) is 3.17. The molecule has 2 heterocycles. The first-order valence-corrected chi connectivity index (χ1v) is 8.67. The minimum atomic E-state index is -3.52. The first-order valence-electron chi connectivity index (χ1n) is 7.18. The molecule has 6 nitrogen and oxygen atoms in total. The van der Waals surface area contributed by atoms with Crippen molar-refractivity contribution in [2.75, 3.05) is 13.2 Å². The number of hydrogen-bond acceptors (Lipinski definition) is 5. The Morgan fingerprint density at radius 3 is 2.68 bits per heavy atom. The zero-order valence-electron chi connectivity index (χ0n) is 12.3. The van der Waals surface area contributed by atoms with Crippen LogP contribution in [0.3, 0.4) is 0 Å². The molecule has 1 aliphatic rings. The second kappa shape index (κ2) is 6.20. The highest BCUT2D eigenvalue weighted by molar-refractivity contribution is 7.89. The number of rotatable bonds is 5. The Balaban J connectivity index is 1.70. The fourth-order valence-corrected chi connectivity index (χ4v) is 3.46. The van der Waals surface area contributed by atoms with Gasteiger partial charge in [0.05, 0.1) is 11.0 Å². The van der Waals surface area contributed by atoms with Crippen LogP contribution in [-0.4, -0.2) is 32.7 Å². The summed E-state index contributed by atoms with van der Waals surface area (Å²) < 4.78 is 37.6. The fourth-order valence-electron chi connectivity index (χ4n) is 2.39. The second-order valence-electron chi connectivity index (χ2n) is 5.26. The Labute approximate surface area is 129 Å². The quantitative estimate of drug-likeness (QED) is 0.912. The largest absolute Gasteiger partial charge is 0.449 e. The van der Waals surface area contributed by atoms with Crippen LogP contribution in [0.15, 0.2) is 39.8 Å². The summed E-state index contributed by atoms with van der Waals surface area (Å²) in [5.74, 6) is 0.574. The Morgan fingerprint density at radius 2 is 2.09 bits per heavy atom. The van der Waals surface area contributed by atoms with Crippen LogP contribution in [0.25, 0.3) is 11.3 Å². The molecule has 0 saturated carbocycles. The van der Waals surface area contributed by atoms with Gasteiger partial charge in [0.1, 0.15) is 12.0 Å². The fraction of sp³-hybridized carbons (Fsp3) is 0.400. The third-order valence-corrected chi connectivity index (χ3v) is 5.04. The highest BCUT2D eigenvalue weighted by Crippen LogP contribution is 2.21. The molecule has 1 aliphatic heterocycles. The van der Waals surface area contributed by atoms with Crippen molar-refractivity contribution in [3.63, 3.8) is 0 Å². The number of nitrogens with one attached hydrogen (secondary N) is 1. The van der Waals surface area contributed by atoms with Gasteiger partial charge in [-0.25, -0.2) is 18.1 Å². The number of ether oxygens (including phenoxy) is 1. The zero-order valence-corrected chi connectivity index (χ0v) is 13.1. The van der Waals surface area contributed by atoms with E-state index in [-0.39, 0.29) is 11.0 Å². The summed E-state index contributed by atoms with van der Waals surface area (Å²) in [6, 6.07) is 6.57. The first-order chi connectivity index (χ1) is 10.5. The average molecular weight is 322 g/mol. The van der Waals surface area contributed by atoms with Crippen LogP contribution < -0.4 is 4.72 Å². The van der Waals surface area contributed by atoms with E-state index in [1.54, 1.807) is 37.5 Å². The highest BCUT2D eigenvalue weighted by atomic mass is 32.2. The van der Waals surface area contributed by atoms with Crippen LogP contribution in [0.2, 0.25) is 0 Å². The van der Waals surface area contributed by atoms with E-state index in [0.29, 0.717) is 24.7 Å². The molecule has 1 unspecified atom stereocenters. The SMILES string of the molecule is Cc1nc(-c2ccc(S(=O)(=O)NCC3CCCO3)cc2)co1. The van der Waals surface area contributed by atoms with Crippen molar-refractivity contribution in [1.82, 2.24) is 9.71 Å². The molecule has 1 atom stereocenters. The summed E-state index contributed by atoms with van der Waals surface area (Å²) in [5.41, 5.74) is 1.50. The minimum absolute atomic E-state index is 0.0212. The number of oxazole rings is 1. The molecule has 1 N–H and O–H groups in total. The molecular weight excluding hydrogens is 304 g/mol. The van der Waals surface area contributed by atoms with Gasteiger partial charge in [-0.1, -0.05) is 12.1 Å². The van der Waals surface area contributed by atoms with E-state index in [0.717, 1.165) is 18.4 Å². The molecule has 2 aromatic rings. The molecule has 1 aromatic carbocycles. The van der Waals surface area contributed by atoms with Gasteiger partial charge in [-0.15, -0.1) is 0 Å². The molecule has 0 amide bonds. The van der Waals surface area contributed by atoms with Crippen molar-refractivity contribution < 1.29 is 17.6 Å². The number of nitrogens with zero attached hydrogens (tertiary/aromatic N) is 1. The Hall–Kier alpha value is -1.70. The van der Waals surface area contributed by atoms with Crippen LogP contribution in [0.1, 0.15) is 18.7 Å². The minimum Gasteiger partial charge on any atom is -0.449 e. The molecule has 0 spiro atoms. The molecule has 1 saturated heterocycles. The van der Waals surface area contributed by atoms with Gasteiger partial charge in [0.15, 0.2) is 5.89 Å². The molecular formula is C15H18N2O4S. The molecule has 118 valence electrons. The molecule has 22 heavy (non-hydrogen) atoms. The smallest absolute Gasteiger partial charge is 0.240 e. The van der Waals surface area contributed by atoms with E-state index in [9.17, 15) is 8.42 Å². The summed E-state index contributed by atoms with van der Waals surface area (Å²) in [5, 5.41) is 0. The third-order valence-electron chi connectivity index (χ3n) is 3.60. The van der Waals surface area contributed by atoms with Crippen molar-refractivity contribution in [3.05, 3.63) is 36.4 Å². The molecule has 0 bridgehead atoms. The molecule has 3 rings (SSSR count). The number of hydrogen-bond donors (Lipinski definition) is 1. The maximum Gasteiger partial charge on any atom is 0.240 e. The third kappa shape index (κ3) is 3.37. The van der Waals surface area contributed by atoms with Crippen LogP contribution in [0.4, 0.5) is 0 Å². The summed E-state index contributed by atoms with van der Waals surface area (Å²) in [6.07, 6.45) is 3.41. The van der Waals surface area contributed by atoms with E-state index >= 15 is 0 Å². The van der Waals surface area contributed by atoms with Gasteiger partial charge in [-0.2, -0.15) is 0 Å². The van der Waals surface area contributed by atoms with Gasteiger partial charge < -0.3 is 9.15 Å². The van der Waals surface area contributed by atoms with E-state index in [4.69, 9.17) is 9.15 Å². The van der Waals surface area contributed by atoms with Crippen molar-refractivity contribution in [1.29, 1.82) is 0 Å². The Morgan fingerprint density at radius 1 is 1.32 bits per heavy atom. The Kier molecular flexibility index (Phi) is 4.28. The maximum absolute atomic E-state index is 12.2. The van der Waals surface area contributed by atoms with Crippen molar-refractivity contribution in [2.24, 2.45) is 0 Å². The van der Waals surface area contributed by atoms with Gasteiger partial charge in [0, 0.05) is 25.6 Å². The van der Waals surface area contributed by atoms with E-state index in [1.807, 2.05) is 0 Å². The summed E-state index contributed by atoms with van der Waals surface area (Å²) in [6.45, 7) is 2.78. The van der Waals surface area contributed by atoms with Crippen LogP contribution >= 0.6 is 0 Å². The summed E-state index contributed by atoms with van der Waals surface area (Å²) in [4.78, 5) is 4.44. The lowest BCUT2D eigenvalue weighted by atomic mass is 10.2. The number of sulfonamides is 1. The number of aromatic nitrogens is 1. The first kappa shape index (κ1) is 15.2. The summed E-state index contributed by atoms with van der Waals surface area (Å²) in [7, 11) is -3.52. The maximum atomic E-state index is 12.2. The molecule has 7 heteroatoms. The number of aryl methyl sites for hydroxylation is 1. The lowest BCUT2D eigenvalue weighted by molar-refractivity contribution is 0.114. The Bertz CT molecular complexity index is 731. The highest BCUT2D eigenvalue weighted by Gasteiger charge is 2.20. The zero-order chi connectivity index (χ0) is 15.6. The van der Waals surface area contributed by atoms with E-state index in [1.165, 1.54) is 0 Å². The van der Waals surface area contributed by atoms with Crippen LogP contribution in [0, 0.1) is 6.92 Å². The standard InChI is InChI=1S/C15H18N2O4S/c1-11-17-15(10-21-11)12-4-6-14(7-5-12)22(18,19)16-9-13-3-2-8-20-13/h4-7,10,13,16H,2-3,8-9H2,1H3. The van der Waals surface area contributed by atoms with Crippen LogP contribution in [-0.2, 0) is 14.8 Å². The van der Waals surface area contributed by atoms with Gasteiger partial charge in [0.25, 0.3) is 0 Å². The lowest BCUT2D eigenvalue weighted by Gasteiger charge is -2.11. The summed E-state index contributed by atoms with van der Waals surface area (Å²) >= 11 is 0. The van der Waals surface area contributed by atoms with Crippen molar-refractivity contribution >= 4 is 10.0 Å². The van der Waals surface area contributed by atoms with E-state index in [2.05, 4.69) is 9.71 Å². The van der Waals surface area contributed by atoms with Crippen LogP contribution in [0.5, 0.6) is 0 Å². The monoisotopic (exact) mass is 322 g/mol. The predicted molar refractivity (Wildman–Crippen MR) is 80.8 cm³/mol. The molecule has 1 fully saturated rings. The molecule has 1 aromatic heterocycles. The van der Waals surface area contributed by atoms with Gasteiger partial charge in [-0.05, 0) is 25.0 Å². The predicted octanol–water partition coefficient (Wildman–Crippen LogP) is 2.11. The van der Waals surface area contributed by atoms with E-state index < -0.39 is 10.0 Å². The molecule has 0 radical (unpaired) electrons. The second-order valence-corrected chi connectivity index (χ2v) is 7.03. The number of benzene rings is 1. The lowest BCUT2D eigenvalue weighted by Crippen LogP contribution is -2.31. The van der Waals surface area contributed by atoms with Crippen molar-refractivity contribution in [3.8, 4) is 11.3 Å². The van der Waals surface area contributed by atoms with Crippen molar-refractivity contribution in [2.45, 2.75) is 30.8 Å². The normalized spacial score (nSPS) is 18.7. The van der Waals surface area contributed by atoms with Gasteiger partial charge in [-0.3, -0.25) is 0 Å².